The van der Waals surface area contributed by atoms with E-state index in [2.05, 4.69) is 190 Å². The van der Waals surface area contributed by atoms with Gasteiger partial charge in [-0.05, 0) is 110 Å². The standard InChI is InChI=1S/C55H39BN2OS/c1-54(2,3)30-18-20-31(21-19-30)58-46-27-41-34-14-8-11-17-50(34)60-51(41)28-39(46)35-22-23-36-38-24-43-37(32-12-6-9-15-42(32)55(43,4)5)25-45(38)57-47-26-40-33-13-7-10-16-48(33)59-49(40)29-44(47)56(58)52(35)53(36)57/h6-29H,1-5H3. The maximum absolute atomic E-state index is 6.74. The number of para-hydroxylation sites is 1. The fourth-order valence-electron chi connectivity index (χ4n) is 11.4. The molecule has 0 saturated carbocycles. The third-order valence-corrected chi connectivity index (χ3v) is 15.5. The van der Waals surface area contributed by atoms with Gasteiger partial charge in [0.25, 0.3) is 0 Å². The second kappa shape index (κ2) is 11.0. The van der Waals surface area contributed by atoms with Crippen molar-refractivity contribution in [2.45, 2.75) is 45.4 Å². The molecule has 0 spiro atoms. The van der Waals surface area contributed by atoms with Crippen molar-refractivity contribution in [2.75, 3.05) is 4.81 Å². The Morgan fingerprint density at radius 1 is 0.550 bits per heavy atom. The molecule has 3 aromatic heterocycles. The zero-order valence-electron chi connectivity index (χ0n) is 34.1. The highest BCUT2D eigenvalue weighted by Crippen LogP contribution is 2.53. The van der Waals surface area contributed by atoms with Crippen LogP contribution in [0.4, 0.5) is 11.4 Å². The minimum atomic E-state index is -0.104. The molecular weight excluding hydrogens is 747 g/mol. The lowest BCUT2D eigenvalue weighted by molar-refractivity contribution is 0.590. The summed E-state index contributed by atoms with van der Waals surface area (Å²) >= 11 is 1.90. The van der Waals surface area contributed by atoms with Crippen molar-refractivity contribution in [1.29, 1.82) is 0 Å². The summed E-state index contributed by atoms with van der Waals surface area (Å²) < 4.78 is 12.0. The fourth-order valence-corrected chi connectivity index (χ4v) is 12.5. The number of furan rings is 1. The molecule has 5 heterocycles. The summed E-state index contributed by atoms with van der Waals surface area (Å²) in [5.74, 6) is 0. The molecule has 8 aromatic carbocycles. The Morgan fingerprint density at radius 2 is 1.32 bits per heavy atom. The van der Waals surface area contributed by atoms with Gasteiger partial charge < -0.3 is 13.8 Å². The molecule has 14 rings (SSSR count). The fraction of sp³-hybridized carbons (Fsp3) is 0.127. The Kier molecular flexibility index (Phi) is 6.09. The molecular formula is C55H39BN2OS. The summed E-state index contributed by atoms with van der Waals surface area (Å²) in [5.41, 5.74) is 20.0. The molecule has 1 aliphatic carbocycles. The lowest BCUT2D eigenvalue weighted by Gasteiger charge is -2.42. The van der Waals surface area contributed by atoms with Crippen molar-refractivity contribution in [3.63, 3.8) is 0 Å². The number of hydrogen-bond donors (Lipinski definition) is 0. The average Bonchev–Trinajstić information content (AvgIpc) is 3.97. The van der Waals surface area contributed by atoms with E-state index >= 15 is 0 Å². The number of hydrogen-bond acceptors (Lipinski definition) is 3. The van der Waals surface area contributed by atoms with Gasteiger partial charge in [0, 0.05) is 69.8 Å². The van der Waals surface area contributed by atoms with Crippen LogP contribution in [0.5, 0.6) is 0 Å². The molecule has 0 N–H and O–H groups in total. The van der Waals surface area contributed by atoms with Crippen LogP contribution in [0.15, 0.2) is 150 Å². The molecule has 0 amide bonds. The van der Waals surface area contributed by atoms with Gasteiger partial charge in [0.15, 0.2) is 0 Å². The normalized spacial score (nSPS) is 14.8. The van der Waals surface area contributed by atoms with E-state index in [9.17, 15) is 0 Å². The van der Waals surface area contributed by atoms with E-state index in [4.69, 9.17) is 4.42 Å². The van der Waals surface area contributed by atoms with E-state index in [1.165, 1.54) is 109 Å². The van der Waals surface area contributed by atoms with Crippen LogP contribution in [0.1, 0.15) is 51.3 Å². The first kappa shape index (κ1) is 33.3. The third-order valence-electron chi connectivity index (χ3n) is 14.3. The number of rotatable bonds is 1. The molecule has 0 saturated heterocycles. The Balaban J connectivity index is 1.16. The Hall–Kier alpha value is -6.56. The summed E-state index contributed by atoms with van der Waals surface area (Å²) in [5, 5.41) is 7.54. The molecule has 0 unspecified atom stereocenters. The predicted molar refractivity (Wildman–Crippen MR) is 256 cm³/mol. The van der Waals surface area contributed by atoms with E-state index in [1.807, 2.05) is 11.3 Å². The summed E-state index contributed by atoms with van der Waals surface area (Å²) in [6, 6.07) is 55.5. The summed E-state index contributed by atoms with van der Waals surface area (Å²) in [7, 11) is 0. The van der Waals surface area contributed by atoms with Crippen LogP contribution in [0, 0.1) is 0 Å². The van der Waals surface area contributed by atoms with E-state index in [-0.39, 0.29) is 17.7 Å². The van der Waals surface area contributed by atoms with Crippen molar-refractivity contribution >= 4 is 104 Å². The Bertz CT molecular complexity index is 3740. The predicted octanol–water partition coefficient (Wildman–Crippen LogP) is 13.9. The number of benzene rings is 8. The monoisotopic (exact) mass is 786 g/mol. The van der Waals surface area contributed by atoms with Crippen molar-refractivity contribution < 1.29 is 4.42 Å². The van der Waals surface area contributed by atoms with Crippen LogP contribution in [0.2, 0.25) is 0 Å². The van der Waals surface area contributed by atoms with Crippen LogP contribution in [0.25, 0.3) is 91.9 Å². The number of fused-ring (bicyclic) bond motifs is 17. The van der Waals surface area contributed by atoms with Crippen LogP contribution in [0.3, 0.4) is 0 Å². The zero-order valence-corrected chi connectivity index (χ0v) is 35.0. The van der Waals surface area contributed by atoms with Gasteiger partial charge in [-0.2, -0.15) is 0 Å². The first-order chi connectivity index (χ1) is 29.1. The Labute approximate surface area is 352 Å². The second-order valence-corrected chi connectivity index (χ2v) is 20.0. The Morgan fingerprint density at radius 3 is 2.17 bits per heavy atom. The van der Waals surface area contributed by atoms with Gasteiger partial charge in [-0.3, -0.25) is 0 Å². The number of anilines is 2. The first-order valence-corrected chi connectivity index (χ1v) is 22.0. The quantitative estimate of drug-likeness (QED) is 0.155. The number of nitrogens with zero attached hydrogens (tertiary/aromatic N) is 2. The van der Waals surface area contributed by atoms with Crippen LogP contribution >= 0.6 is 11.3 Å². The van der Waals surface area contributed by atoms with Gasteiger partial charge in [0.05, 0.1) is 11.0 Å². The highest BCUT2D eigenvalue weighted by Gasteiger charge is 2.45. The topological polar surface area (TPSA) is 21.3 Å². The molecule has 11 aromatic rings. The highest BCUT2D eigenvalue weighted by atomic mass is 32.1. The molecule has 0 radical (unpaired) electrons. The number of thiophene rings is 1. The van der Waals surface area contributed by atoms with Crippen LogP contribution < -0.4 is 15.7 Å². The van der Waals surface area contributed by atoms with E-state index < -0.39 is 0 Å². The lowest BCUT2D eigenvalue weighted by atomic mass is 9.44. The van der Waals surface area contributed by atoms with Gasteiger partial charge in [-0.15, -0.1) is 11.3 Å². The summed E-state index contributed by atoms with van der Waals surface area (Å²) in [4.78, 5) is 2.66. The SMILES string of the molecule is CC(C)(C)c1ccc(N2B3c4cc5oc6ccccc6c5cc4-n4c5cc6c(cc5c5ccc(c3c54)-c3cc4sc5ccccc5c4cc32)C(C)(C)c2ccccc2-6)cc1. The van der Waals surface area contributed by atoms with Gasteiger partial charge in [0.1, 0.15) is 11.2 Å². The summed E-state index contributed by atoms with van der Waals surface area (Å²) in [6.07, 6.45) is 0. The average molecular weight is 787 g/mol. The van der Waals surface area contributed by atoms with Gasteiger partial charge in [-0.1, -0.05) is 120 Å². The maximum atomic E-state index is 6.74. The molecule has 5 heteroatoms. The molecule has 284 valence electrons. The summed E-state index contributed by atoms with van der Waals surface area (Å²) in [6.45, 7) is 11.6. The highest BCUT2D eigenvalue weighted by molar-refractivity contribution is 7.25. The second-order valence-electron chi connectivity index (χ2n) is 18.9. The molecule has 0 bridgehead atoms. The minimum absolute atomic E-state index is 0.0412. The first-order valence-electron chi connectivity index (χ1n) is 21.2. The zero-order chi connectivity index (χ0) is 40.0. The van der Waals surface area contributed by atoms with Gasteiger partial charge in [-0.25, -0.2) is 0 Å². The number of aromatic nitrogens is 1. The molecule has 3 nitrogen and oxygen atoms in total. The van der Waals surface area contributed by atoms with Crippen molar-refractivity contribution in [3.8, 4) is 27.9 Å². The van der Waals surface area contributed by atoms with Gasteiger partial charge in [0.2, 0.25) is 0 Å². The van der Waals surface area contributed by atoms with Gasteiger partial charge >= 0.3 is 6.85 Å². The van der Waals surface area contributed by atoms with Crippen molar-refractivity contribution in [2.24, 2.45) is 0 Å². The van der Waals surface area contributed by atoms with Crippen molar-refractivity contribution in [3.05, 3.63) is 162 Å². The molecule has 0 fully saturated rings. The van der Waals surface area contributed by atoms with E-state index in [0.29, 0.717) is 0 Å². The van der Waals surface area contributed by atoms with Crippen LogP contribution in [-0.4, -0.2) is 11.4 Å². The molecule has 60 heavy (non-hydrogen) atoms. The van der Waals surface area contributed by atoms with Crippen molar-refractivity contribution in [1.82, 2.24) is 4.57 Å². The third kappa shape index (κ3) is 4.07. The molecule has 0 atom stereocenters. The maximum Gasteiger partial charge on any atom is 0.333 e. The van der Waals surface area contributed by atoms with Crippen LogP contribution in [-0.2, 0) is 10.8 Å². The largest absolute Gasteiger partial charge is 0.456 e. The molecule has 3 aliphatic rings. The minimum Gasteiger partial charge on any atom is -0.456 e. The van der Waals surface area contributed by atoms with E-state index in [0.717, 1.165) is 21.9 Å². The van der Waals surface area contributed by atoms with E-state index in [1.54, 1.807) is 0 Å². The smallest absolute Gasteiger partial charge is 0.333 e. The lowest BCUT2D eigenvalue weighted by Crippen LogP contribution is -2.60. The molecule has 2 aliphatic heterocycles.